The fourth-order valence-electron chi connectivity index (χ4n) is 8.87. The number of rotatable bonds is 8. The van der Waals surface area contributed by atoms with E-state index >= 15 is 0 Å². The van der Waals surface area contributed by atoms with Gasteiger partial charge in [-0.2, -0.15) is 9.13 Å². The van der Waals surface area contributed by atoms with E-state index in [-0.39, 0.29) is 34.3 Å². The minimum Gasteiger partial charge on any atom is -0.457 e. The van der Waals surface area contributed by atoms with Crippen molar-refractivity contribution in [3.8, 4) is 62.1 Å². The van der Waals surface area contributed by atoms with E-state index in [1.165, 1.54) is 0 Å². The Hall–Kier alpha value is -8.02. The topological polar surface area (TPSA) is 35.9 Å². The Morgan fingerprint density at radius 2 is 1.18 bits per heavy atom. The Bertz CT molecular complexity index is 4440. The van der Waals surface area contributed by atoms with Crippen molar-refractivity contribution in [1.29, 1.82) is 0 Å². The van der Waals surface area contributed by atoms with Crippen LogP contribution in [-0.4, -0.2) is 14.1 Å². The minimum absolute atomic E-state index is 0.0598. The average molecular weight is 899 g/mol. The van der Waals surface area contributed by atoms with Gasteiger partial charge in [0.05, 0.1) is 27.5 Å². The molecule has 3 heterocycles. The first kappa shape index (κ1) is 28.9. The SMILES string of the molecule is [2H]c1nc(-n2c3ccccc3c3ccc(Oc4cccc(-n5c[n+](-c6c(-c7cc(C(C)(C)C)cc(C(C)(C)C)c7)cccc6-c6c([2H])c([2H])c([2H])c([2H])c6[2H])c6ccccc65)c4)cc32)c([2H])c(C([2H])([2H])[2H])c1-c1c([2H])c([2H])c([2H])c([2H])c1[2H]. The average Bonchev–Trinajstić information content (AvgIpc) is 2.63. The summed E-state index contributed by atoms with van der Waals surface area (Å²) in [5.41, 5.74) is 5.87. The van der Waals surface area contributed by atoms with Crippen LogP contribution in [0.4, 0.5) is 0 Å². The maximum atomic E-state index is 9.52. The number of para-hydroxylation sites is 4. The third-order valence-corrected chi connectivity index (χ3v) is 12.4. The lowest BCUT2D eigenvalue weighted by Gasteiger charge is -2.26. The van der Waals surface area contributed by atoms with Gasteiger partial charge in [0.2, 0.25) is 0 Å². The number of aromatic nitrogens is 4. The van der Waals surface area contributed by atoms with Crippen LogP contribution in [0.3, 0.4) is 0 Å². The van der Waals surface area contributed by atoms with E-state index in [4.69, 9.17) is 19.8 Å². The maximum absolute atomic E-state index is 9.52. The number of benzene rings is 8. The van der Waals surface area contributed by atoms with Gasteiger partial charge in [-0.15, -0.1) is 0 Å². The third-order valence-electron chi connectivity index (χ3n) is 12.4. The van der Waals surface area contributed by atoms with E-state index in [0.29, 0.717) is 44.9 Å². The number of pyridine rings is 1. The highest BCUT2D eigenvalue weighted by Gasteiger charge is 2.28. The number of fused-ring (bicyclic) bond motifs is 4. The first-order chi connectivity index (χ1) is 39.1. The van der Waals surface area contributed by atoms with Gasteiger partial charge < -0.3 is 4.74 Å². The van der Waals surface area contributed by atoms with Crippen molar-refractivity contribution >= 4 is 32.8 Å². The van der Waals surface area contributed by atoms with E-state index in [0.717, 1.165) is 38.7 Å². The van der Waals surface area contributed by atoms with Gasteiger partial charge in [0.15, 0.2) is 11.0 Å². The molecule has 8 aromatic carbocycles. The van der Waals surface area contributed by atoms with Crippen molar-refractivity contribution in [3.05, 3.63) is 223 Å². The van der Waals surface area contributed by atoms with Crippen LogP contribution < -0.4 is 9.30 Å². The summed E-state index contributed by atoms with van der Waals surface area (Å²) in [6.07, 6.45) is 1.22. The van der Waals surface area contributed by atoms with E-state index in [9.17, 15) is 5.48 Å². The molecular formula is C63H55N4O+. The van der Waals surface area contributed by atoms with Gasteiger partial charge in [0.25, 0.3) is 6.33 Å². The fourth-order valence-corrected chi connectivity index (χ4v) is 8.87. The first-order valence-electron chi connectivity index (χ1n) is 29.9. The molecule has 68 heavy (non-hydrogen) atoms. The van der Waals surface area contributed by atoms with Gasteiger partial charge in [0, 0.05) is 49.9 Å². The van der Waals surface area contributed by atoms with Gasteiger partial charge in [-0.1, -0.05) is 175 Å². The third kappa shape index (κ3) is 7.74. The second-order valence-corrected chi connectivity index (χ2v) is 18.9. The molecule has 3 aromatic heterocycles. The van der Waals surface area contributed by atoms with Gasteiger partial charge in [0.1, 0.15) is 28.7 Å². The molecule has 0 spiro atoms. The Labute approximate surface area is 420 Å². The van der Waals surface area contributed by atoms with Crippen LogP contribution in [0.5, 0.6) is 11.5 Å². The molecular weight excluding hydrogens is 829 g/mol. The van der Waals surface area contributed by atoms with Crippen LogP contribution in [0.2, 0.25) is 0 Å². The Balaban J connectivity index is 1.08. The lowest BCUT2D eigenvalue weighted by Crippen LogP contribution is -2.31. The largest absolute Gasteiger partial charge is 0.457 e. The molecule has 11 rings (SSSR count). The number of hydrogen-bond acceptors (Lipinski definition) is 2. The second kappa shape index (κ2) is 16.7. The van der Waals surface area contributed by atoms with Crippen molar-refractivity contribution in [2.45, 2.75) is 59.2 Å². The summed E-state index contributed by atoms with van der Waals surface area (Å²) in [7, 11) is 0. The smallest absolute Gasteiger partial charge is 0.255 e. The molecule has 0 radical (unpaired) electrons. The molecule has 0 aliphatic rings. The van der Waals surface area contributed by atoms with Gasteiger partial charge in [-0.25, -0.2) is 4.98 Å². The highest BCUT2D eigenvalue weighted by molar-refractivity contribution is 6.09. The van der Waals surface area contributed by atoms with Crippen LogP contribution in [0, 0.1) is 6.85 Å². The molecule has 0 fully saturated rings. The molecule has 0 saturated carbocycles. The normalized spacial score (nSPS) is 15.4. The molecule has 0 unspecified atom stereocenters. The lowest BCUT2D eigenvalue weighted by molar-refractivity contribution is -0.566. The molecule has 5 heteroatoms. The molecule has 0 aliphatic heterocycles. The predicted octanol–water partition coefficient (Wildman–Crippen LogP) is 16.1. The first-order valence-corrected chi connectivity index (χ1v) is 22.4. The van der Waals surface area contributed by atoms with E-state index < -0.39 is 84.1 Å². The van der Waals surface area contributed by atoms with Crippen LogP contribution >= 0.6 is 0 Å². The summed E-state index contributed by atoms with van der Waals surface area (Å²) >= 11 is 0. The summed E-state index contributed by atoms with van der Waals surface area (Å²) < 4.78 is 143. The Morgan fingerprint density at radius 3 is 1.88 bits per heavy atom. The molecule has 0 bridgehead atoms. The molecule has 0 saturated heterocycles. The monoisotopic (exact) mass is 899 g/mol. The van der Waals surface area contributed by atoms with Crippen molar-refractivity contribution in [2.24, 2.45) is 0 Å². The zero-order chi connectivity index (χ0) is 59.7. The summed E-state index contributed by atoms with van der Waals surface area (Å²) in [5, 5.41) is 1.40. The maximum Gasteiger partial charge on any atom is 0.255 e. The minimum atomic E-state index is -3.10. The summed E-state index contributed by atoms with van der Waals surface area (Å²) in [5.74, 6) is 0.534. The fraction of sp³-hybridized carbons (Fsp3) is 0.143. The Morgan fingerprint density at radius 1 is 0.559 bits per heavy atom. The molecule has 332 valence electrons. The van der Waals surface area contributed by atoms with Crippen molar-refractivity contribution in [1.82, 2.24) is 14.1 Å². The number of ether oxygens (including phenoxy) is 1. The van der Waals surface area contributed by atoms with Gasteiger partial charge >= 0.3 is 0 Å². The highest BCUT2D eigenvalue weighted by atomic mass is 16.5. The molecule has 5 nitrogen and oxygen atoms in total. The predicted molar refractivity (Wildman–Crippen MR) is 282 cm³/mol. The molecule has 11 aromatic rings. The second-order valence-electron chi connectivity index (χ2n) is 18.9. The van der Waals surface area contributed by atoms with Crippen LogP contribution in [0.1, 0.15) is 78.8 Å². The summed E-state index contributed by atoms with van der Waals surface area (Å²) in [4.78, 5) is 4.50. The summed E-state index contributed by atoms with van der Waals surface area (Å²) in [6.45, 7) is 9.90. The van der Waals surface area contributed by atoms with Crippen LogP contribution in [-0.2, 0) is 10.8 Å². The van der Waals surface area contributed by atoms with Crippen LogP contribution in [0.15, 0.2) is 206 Å². The van der Waals surface area contributed by atoms with Crippen molar-refractivity contribution < 1.29 is 29.9 Å². The zero-order valence-corrected chi connectivity index (χ0v) is 38.4. The van der Waals surface area contributed by atoms with Crippen LogP contribution in [0.25, 0.3) is 83.4 Å². The molecule has 0 aliphatic carbocycles. The van der Waals surface area contributed by atoms with Crippen molar-refractivity contribution in [2.75, 3.05) is 0 Å². The number of nitrogens with zero attached hydrogens (tertiary/aromatic N) is 4. The van der Waals surface area contributed by atoms with E-state index in [1.54, 1.807) is 41.0 Å². The van der Waals surface area contributed by atoms with Gasteiger partial charge in [-0.05, 0) is 99.6 Å². The van der Waals surface area contributed by atoms with Gasteiger partial charge in [-0.3, -0.25) is 4.57 Å². The van der Waals surface area contributed by atoms with Crippen molar-refractivity contribution in [3.63, 3.8) is 0 Å². The lowest BCUT2D eigenvalue weighted by atomic mass is 9.78. The standard InChI is InChI=1S/C63H55N4O/c1-42-34-60(64-40-55(42)44-22-12-9-13-23-44)67-56-29-15-14-26-53(56)54-33-32-50(39-59(54)67)68-49-25-18-24-48(38-49)65-41-66(58-31-17-16-30-57(58)65)61-51(43-20-10-8-11-21-43)27-19-28-52(61)45-35-46(62(2,3)4)37-47(36-45)63(5,6)7/h8-41H,1-7H3/q+1/i1D3,8D,9D,10D,11D,12D,13D,20D,21D,22D,23D,34D,40D. The van der Waals surface area contributed by atoms with E-state index in [1.807, 2.05) is 88.3 Å². The number of hydrogen-bond donors (Lipinski definition) is 0. The molecule has 0 atom stereocenters. The van der Waals surface area contributed by atoms with E-state index in [2.05, 4.69) is 64.7 Å². The zero-order valence-electron chi connectivity index (χ0n) is 53.4. The summed E-state index contributed by atoms with van der Waals surface area (Å²) in [6, 6.07) is 33.8. The number of imidazole rings is 1. The quantitative estimate of drug-likeness (QED) is 0.142. The Kier molecular flexibility index (Phi) is 7.09. The molecule has 0 N–H and O–H groups in total. The highest BCUT2D eigenvalue weighted by Crippen LogP contribution is 2.40. The molecule has 0 amide bonds.